The van der Waals surface area contributed by atoms with E-state index in [1.54, 1.807) is 0 Å². The van der Waals surface area contributed by atoms with E-state index in [-0.39, 0.29) is 0 Å². The van der Waals surface area contributed by atoms with Gasteiger partial charge in [0.25, 0.3) is 0 Å². The third kappa shape index (κ3) is 4.08. The Morgan fingerprint density at radius 3 is 1.83 bits per heavy atom. The van der Waals surface area contributed by atoms with Gasteiger partial charge in [-0.15, -0.1) is 11.3 Å². The van der Waals surface area contributed by atoms with E-state index < -0.39 is 0 Å². The van der Waals surface area contributed by atoms with Gasteiger partial charge in [0.15, 0.2) is 0 Å². The first kappa shape index (κ1) is 29.0. The highest BCUT2D eigenvalue weighted by Gasteiger charge is 2.23. The van der Waals surface area contributed by atoms with E-state index in [1.165, 1.54) is 108 Å². The van der Waals surface area contributed by atoms with Crippen LogP contribution in [0.4, 0.5) is 0 Å². The minimum atomic E-state index is 1.17. The monoisotopic (exact) mass is 690 g/mol. The fourth-order valence-electron chi connectivity index (χ4n) is 8.95. The van der Waals surface area contributed by atoms with Gasteiger partial charge < -0.3 is 9.13 Å². The number of thiophene rings is 1. The van der Waals surface area contributed by atoms with E-state index in [4.69, 9.17) is 0 Å². The first-order valence-corrected chi connectivity index (χ1v) is 19.0. The summed E-state index contributed by atoms with van der Waals surface area (Å²) in [5.41, 5.74) is 9.70. The summed E-state index contributed by atoms with van der Waals surface area (Å²) in [6.07, 6.45) is 0. The lowest BCUT2D eigenvalue weighted by molar-refractivity contribution is 1.17. The number of hydrogen-bond acceptors (Lipinski definition) is 1. The maximum atomic E-state index is 2.55. The average molecular weight is 691 g/mol. The molecule has 3 heteroatoms. The molecule has 53 heavy (non-hydrogen) atoms. The molecule has 0 aliphatic carbocycles. The molecule has 0 unspecified atom stereocenters. The van der Waals surface area contributed by atoms with Gasteiger partial charge in [-0.25, -0.2) is 0 Å². The van der Waals surface area contributed by atoms with Crippen molar-refractivity contribution in [3.63, 3.8) is 0 Å². The summed E-state index contributed by atoms with van der Waals surface area (Å²) >= 11 is 1.91. The van der Waals surface area contributed by atoms with Crippen LogP contribution < -0.4 is 0 Å². The summed E-state index contributed by atoms with van der Waals surface area (Å²) in [4.78, 5) is 0. The van der Waals surface area contributed by atoms with E-state index in [2.05, 4.69) is 191 Å². The molecule has 12 rings (SSSR count). The molecule has 12 aromatic rings. The van der Waals surface area contributed by atoms with Crippen LogP contribution in [0.5, 0.6) is 0 Å². The van der Waals surface area contributed by atoms with Gasteiger partial charge in [0, 0.05) is 48.4 Å². The molecular formula is C50H30N2S. The maximum Gasteiger partial charge on any atom is 0.0726 e. The van der Waals surface area contributed by atoms with Crippen molar-refractivity contribution in [2.24, 2.45) is 0 Å². The zero-order chi connectivity index (χ0) is 34.6. The lowest BCUT2D eigenvalue weighted by Gasteiger charge is -2.12. The SMILES string of the molecule is c1ccc(-n2c3ccccc3c3cc(-n4c5ccc(-c6ccc7ccccc7c6)cc5c5c6ccccc6c6c7ccccc7sc6c54)ccc32)cc1. The van der Waals surface area contributed by atoms with Gasteiger partial charge in [-0.1, -0.05) is 121 Å². The minimum Gasteiger partial charge on any atom is -0.309 e. The summed E-state index contributed by atoms with van der Waals surface area (Å²) in [6.45, 7) is 0. The van der Waals surface area contributed by atoms with Crippen LogP contribution in [-0.2, 0) is 0 Å². The fraction of sp³-hybridized carbons (Fsp3) is 0. The second-order valence-corrected chi connectivity index (χ2v) is 15.1. The van der Waals surface area contributed by atoms with Crippen LogP contribution in [0, 0.1) is 0 Å². The number of para-hydroxylation sites is 2. The molecule has 9 aromatic carbocycles. The predicted molar refractivity (Wildman–Crippen MR) is 228 cm³/mol. The molecule has 3 heterocycles. The Bertz CT molecular complexity index is 3450. The largest absolute Gasteiger partial charge is 0.309 e. The molecule has 0 saturated carbocycles. The van der Waals surface area contributed by atoms with Gasteiger partial charge in [-0.3, -0.25) is 0 Å². The topological polar surface area (TPSA) is 9.86 Å². The Morgan fingerprint density at radius 2 is 0.962 bits per heavy atom. The van der Waals surface area contributed by atoms with E-state index in [0.29, 0.717) is 0 Å². The first-order chi connectivity index (χ1) is 26.3. The van der Waals surface area contributed by atoms with Gasteiger partial charge in [0.05, 0.1) is 26.8 Å². The number of rotatable bonds is 3. The Morgan fingerprint density at radius 1 is 0.340 bits per heavy atom. The van der Waals surface area contributed by atoms with Crippen molar-refractivity contribution >= 4 is 96.7 Å². The number of aromatic nitrogens is 2. The van der Waals surface area contributed by atoms with Crippen molar-refractivity contribution in [1.29, 1.82) is 0 Å². The normalized spacial score (nSPS) is 12.2. The van der Waals surface area contributed by atoms with Crippen LogP contribution in [0.1, 0.15) is 0 Å². The summed E-state index contributed by atoms with van der Waals surface area (Å²) in [5.74, 6) is 0. The van der Waals surface area contributed by atoms with Crippen molar-refractivity contribution in [2.45, 2.75) is 0 Å². The molecule has 0 spiro atoms. The van der Waals surface area contributed by atoms with Crippen LogP contribution in [0.3, 0.4) is 0 Å². The molecular weight excluding hydrogens is 661 g/mol. The third-order valence-corrected chi connectivity index (χ3v) is 12.4. The molecule has 0 aliphatic rings. The second kappa shape index (κ2) is 10.9. The molecule has 246 valence electrons. The molecule has 0 atom stereocenters. The summed E-state index contributed by atoms with van der Waals surface area (Å²) in [5, 5.41) is 12.9. The lowest BCUT2D eigenvalue weighted by Crippen LogP contribution is -1.96. The number of nitrogens with zero attached hydrogens (tertiary/aromatic N) is 2. The summed E-state index contributed by atoms with van der Waals surface area (Å²) < 4.78 is 7.59. The van der Waals surface area contributed by atoms with Crippen molar-refractivity contribution in [3.05, 3.63) is 182 Å². The Kier molecular flexibility index (Phi) is 5.96. The fourth-order valence-corrected chi connectivity index (χ4v) is 10.2. The van der Waals surface area contributed by atoms with Gasteiger partial charge in [0.2, 0.25) is 0 Å². The Labute approximate surface area is 309 Å². The molecule has 0 bridgehead atoms. The van der Waals surface area contributed by atoms with Crippen molar-refractivity contribution in [3.8, 4) is 22.5 Å². The molecule has 0 fully saturated rings. The zero-order valence-corrected chi connectivity index (χ0v) is 29.4. The van der Waals surface area contributed by atoms with Crippen molar-refractivity contribution in [2.75, 3.05) is 0 Å². The Balaban J connectivity index is 1.23. The highest BCUT2D eigenvalue weighted by molar-refractivity contribution is 7.27. The molecule has 2 nitrogen and oxygen atoms in total. The molecule has 0 aliphatic heterocycles. The third-order valence-electron chi connectivity index (χ3n) is 11.3. The number of fused-ring (bicyclic) bond motifs is 14. The Hall–Kier alpha value is -6.68. The minimum absolute atomic E-state index is 1.17. The first-order valence-electron chi connectivity index (χ1n) is 18.2. The molecule has 0 amide bonds. The maximum absolute atomic E-state index is 2.55. The smallest absolute Gasteiger partial charge is 0.0726 e. The highest BCUT2D eigenvalue weighted by atomic mass is 32.1. The second-order valence-electron chi connectivity index (χ2n) is 14.1. The quantitative estimate of drug-likeness (QED) is 0.175. The summed E-state index contributed by atoms with van der Waals surface area (Å²) in [7, 11) is 0. The molecule has 0 saturated heterocycles. The lowest BCUT2D eigenvalue weighted by atomic mass is 9.96. The van der Waals surface area contributed by atoms with Crippen LogP contribution in [0.2, 0.25) is 0 Å². The number of hydrogen-bond donors (Lipinski definition) is 0. The van der Waals surface area contributed by atoms with Crippen molar-refractivity contribution < 1.29 is 0 Å². The molecule has 0 N–H and O–H groups in total. The van der Waals surface area contributed by atoms with Gasteiger partial charge in [-0.05, 0) is 93.3 Å². The van der Waals surface area contributed by atoms with Gasteiger partial charge >= 0.3 is 0 Å². The number of benzene rings is 9. The molecule has 0 radical (unpaired) electrons. The van der Waals surface area contributed by atoms with Gasteiger partial charge in [0.1, 0.15) is 0 Å². The average Bonchev–Trinajstić information content (AvgIpc) is 3.89. The standard InChI is InChI=1S/C50H30N2S/c1-2-14-35(15-3-1)51-43-20-10-8-16-37(43)41-30-36(25-27-44(41)51)52-45-26-24-34(33-23-22-31-12-4-5-13-32(31)28-33)29-42(45)47-38-17-6-7-18-39(38)48-40-19-9-11-21-46(40)53-50(48)49(47)52/h1-30H. The zero-order valence-electron chi connectivity index (χ0n) is 28.6. The van der Waals surface area contributed by atoms with Crippen molar-refractivity contribution in [1.82, 2.24) is 9.13 Å². The van der Waals surface area contributed by atoms with Crippen LogP contribution in [-0.4, -0.2) is 9.13 Å². The van der Waals surface area contributed by atoms with Crippen LogP contribution >= 0.6 is 11.3 Å². The van der Waals surface area contributed by atoms with E-state index in [9.17, 15) is 0 Å². The predicted octanol–water partition coefficient (Wildman–Crippen LogP) is 14.2. The van der Waals surface area contributed by atoms with Crippen LogP contribution in [0.15, 0.2) is 182 Å². The highest BCUT2D eigenvalue weighted by Crippen LogP contribution is 2.49. The van der Waals surface area contributed by atoms with Gasteiger partial charge in [-0.2, -0.15) is 0 Å². The summed E-state index contributed by atoms with van der Waals surface area (Å²) in [6, 6.07) is 67.1. The van der Waals surface area contributed by atoms with E-state index >= 15 is 0 Å². The van der Waals surface area contributed by atoms with Crippen LogP contribution in [0.25, 0.3) is 108 Å². The molecule has 3 aromatic heterocycles. The van der Waals surface area contributed by atoms with E-state index in [1.807, 2.05) is 11.3 Å². The van der Waals surface area contributed by atoms with E-state index in [0.717, 1.165) is 0 Å².